The minimum absolute atomic E-state index is 0. The number of hydrogen-bond donors (Lipinski definition) is 2. The summed E-state index contributed by atoms with van der Waals surface area (Å²) >= 11 is 1.66. The van der Waals surface area contributed by atoms with Crippen LogP contribution in [0.25, 0.3) is 5.69 Å². The number of benzene rings is 1. The summed E-state index contributed by atoms with van der Waals surface area (Å²) in [6.45, 7) is 3.35. The molecule has 0 spiro atoms. The molecule has 0 aliphatic heterocycles. The minimum atomic E-state index is 0. The highest BCUT2D eigenvalue weighted by Gasteiger charge is 2.23. The van der Waals surface area contributed by atoms with Gasteiger partial charge in [-0.3, -0.25) is 4.99 Å². The summed E-state index contributed by atoms with van der Waals surface area (Å²) in [5.41, 5.74) is 6.03. The van der Waals surface area contributed by atoms with Gasteiger partial charge >= 0.3 is 0 Å². The molecular weight excluding hydrogens is 483 g/mol. The molecule has 8 heteroatoms. The molecule has 0 unspecified atom stereocenters. The van der Waals surface area contributed by atoms with Crippen LogP contribution >= 0.6 is 35.3 Å². The topological polar surface area (TPSA) is 67.1 Å². The largest absolute Gasteiger partial charge is 0.351 e. The third-order valence-corrected chi connectivity index (χ3v) is 5.70. The first-order chi connectivity index (χ1) is 13.2. The summed E-state index contributed by atoms with van der Waals surface area (Å²) in [5, 5.41) is 14.7. The van der Waals surface area contributed by atoms with Gasteiger partial charge in [-0.05, 0) is 43.9 Å². The van der Waals surface area contributed by atoms with Gasteiger partial charge in [-0.15, -0.1) is 35.3 Å². The standard InChI is InChI=1S/C20H24N6S.HI/c1-14-13-27-19(24-14)12-23-20(21-2)22-11-17-16-9-6-10-18(16)26(25-17)15-7-4-3-5-8-15;/h3-5,7-8,13H,6,9-12H2,1-2H3,(H2,21,22,23);1H. The van der Waals surface area contributed by atoms with Crippen LogP contribution in [0.3, 0.4) is 0 Å². The Morgan fingerprint density at radius 2 is 1.96 bits per heavy atom. The number of nitrogens with one attached hydrogen (secondary N) is 2. The second-order valence-electron chi connectivity index (χ2n) is 6.63. The van der Waals surface area contributed by atoms with Crippen molar-refractivity contribution in [2.45, 2.75) is 39.3 Å². The average Bonchev–Trinajstić information content (AvgIpc) is 3.40. The first-order valence-electron chi connectivity index (χ1n) is 9.25. The lowest BCUT2D eigenvalue weighted by Gasteiger charge is -2.10. The lowest BCUT2D eigenvalue weighted by atomic mass is 10.2. The Bertz CT molecular complexity index is 947. The molecule has 148 valence electrons. The van der Waals surface area contributed by atoms with Crippen molar-refractivity contribution in [3.05, 3.63) is 63.4 Å². The quantitative estimate of drug-likeness (QED) is 0.314. The molecule has 2 N–H and O–H groups in total. The van der Waals surface area contributed by atoms with Crippen LogP contribution in [0.5, 0.6) is 0 Å². The van der Waals surface area contributed by atoms with E-state index < -0.39 is 0 Å². The maximum absolute atomic E-state index is 4.89. The Hall–Kier alpha value is -1.94. The van der Waals surface area contributed by atoms with E-state index in [-0.39, 0.29) is 24.0 Å². The van der Waals surface area contributed by atoms with Crippen LogP contribution in [0.4, 0.5) is 0 Å². The van der Waals surface area contributed by atoms with E-state index in [0.717, 1.165) is 40.9 Å². The summed E-state index contributed by atoms with van der Waals surface area (Å²) < 4.78 is 2.11. The van der Waals surface area contributed by atoms with Crippen LogP contribution in [-0.2, 0) is 25.9 Å². The van der Waals surface area contributed by atoms with Gasteiger partial charge in [0, 0.05) is 23.8 Å². The number of nitrogens with zero attached hydrogens (tertiary/aromatic N) is 4. The van der Waals surface area contributed by atoms with Crippen LogP contribution in [0.2, 0.25) is 0 Å². The predicted molar refractivity (Wildman–Crippen MR) is 125 cm³/mol. The summed E-state index contributed by atoms with van der Waals surface area (Å²) in [6.07, 6.45) is 3.39. The molecule has 2 aromatic heterocycles. The highest BCUT2D eigenvalue weighted by molar-refractivity contribution is 14.0. The van der Waals surface area contributed by atoms with Gasteiger partial charge in [-0.2, -0.15) is 5.10 Å². The number of aliphatic imine (C=N–C) groups is 1. The highest BCUT2D eigenvalue weighted by Crippen LogP contribution is 2.27. The van der Waals surface area contributed by atoms with Crippen molar-refractivity contribution >= 4 is 41.3 Å². The molecule has 3 aromatic rings. The van der Waals surface area contributed by atoms with Gasteiger partial charge in [0.25, 0.3) is 0 Å². The number of aromatic nitrogens is 3. The molecule has 0 amide bonds. The zero-order valence-corrected chi connectivity index (χ0v) is 19.3. The SMILES string of the molecule is CN=C(NCc1nc(C)cs1)NCc1nn(-c2ccccc2)c2c1CCC2.I. The molecule has 0 bridgehead atoms. The van der Waals surface area contributed by atoms with Crippen molar-refractivity contribution in [1.82, 2.24) is 25.4 Å². The fourth-order valence-electron chi connectivity index (χ4n) is 3.47. The number of guanidine groups is 1. The molecular formula is C20H25IN6S. The molecule has 1 aliphatic rings. The fraction of sp³-hybridized carbons (Fsp3) is 0.350. The Morgan fingerprint density at radius 3 is 2.68 bits per heavy atom. The number of hydrogen-bond acceptors (Lipinski definition) is 4. The molecule has 28 heavy (non-hydrogen) atoms. The van der Waals surface area contributed by atoms with Crippen molar-refractivity contribution in [3.8, 4) is 5.69 Å². The summed E-state index contributed by atoms with van der Waals surface area (Å²) in [5.74, 6) is 0.767. The van der Waals surface area contributed by atoms with Crippen LogP contribution in [-0.4, -0.2) is 27.8 Å². The zero-order valence-electron chi connectivity index (χ0n) is 16.1. The molecule has 0 fully saturated rings. The third-order valence-electron chi connectivity index (χ3n) is 4.73. The van der Waals surface area contributed by atoms with Gasteiger partial charge in [0.15, 0.2) is 5.96 Å². The van der Waals surface area contributed by atoms with Crippen molar-refractivity contribution in [2.24, 2.45) is 4.99 Å². The summed E-state index contributed by atoms with van der Waals surface area (Å²) in [7, 11) is 1.79. The molecule has 1 aliphatic carbocycles. The van der Waals surface area contributed by atoms with E-state index in [9.17, 15) is 0 Å². The monoisotopic (exact) mass is 508 g/mol. The number of halogens is 1. The maximum atomic E-state index is 4.89. The van der Waals surface area contributed by atoms with Crippen molar-refractivity contribution < 1.29 is 0 Å². The Kier molecular flexibility index (Phi) is 7.06. The number of thiazole rings is 1. The molecule has 0 atom stereocenters. The fourth-order valence-corrected chi connectivity index (χ4v) is 4.18. The van der Waals surface area contributed by atoms with Gasteiger partial charge in [0.1, 0.15) is 5.01 Å². The molecule has 0 saturated carbocycles. The molecule has 0 saturated heterocycles. The van der Waals surface area contributed by atoms with Gasteiger partial charge in [-0.25, -0.2) is 9.67 Å². The number of para-hydroxylation sites is 1. The number of fused-ring (bicyclic) bond motifs is 1. The van der Waals surface area contributed by atoms with E-state index in [1.54, 1.807) is 18.4 Å². The summed E-state index contributed by atoms with van der Waals surface area (Å²) in [6, 6.07) is 10.4. The van der Waals surface area contributed by atoms with E-state index in [1.165, 1.54) is 17.7 Å². The Morgan fingerprint density at radius 1 is 1.18 bits per heavy atom. The number of rotatable bonds is 5. The van der Waals surface area contributed by atoms with Crippen LogP contribution in [0, 0.1) is 6.92 Å². The lowest BCUT2D eigenvalue weighted by molar-refractivity contribution is 0.731. The first-order valence-corrected chi connectivity index (χ1v) is 10.1. The molecule has 2 heterocycles. The van der Waals surface area contributed by atoms with Crippen LogP contribution in [0.1, 0.15) is 34.1 Å². The van der Waals surface area contributed by atoms with Gasteiger partial charge < -0.3 is 10.6 Å². The van der Waals surface area contributed by atoms with Gasteiger partial charge in [-0.1, -0.05) is 18.2 Å². The lowest BCUT2D eigenvalue weighted by Crippen LogP contribution is -2.36. The normalized spacial score (nSPS) is 13.1. The van der Waals surface area contributed by atoms with Crippen LogP contribution < -0.4 is 10.6 Å². The minimum Gasteiger partial charge on any atom is -0.351 e. The second-order valence-corrected chi connectivity index (χ2v) is 7.58. The van der Waals surface area contributed by atoms with E-state index in [2.05, 4.69) is 54.9 Å². The van der Waals surface area contributed by atoms with Crippen LogP contribution in [0.15, 0.2) is 40.7 Å². The Labute approximate surface area is 186 Å². The van der Waals surface area contributed by atoms with Crippen molar-refractivity contribution in [1.29, 1.82) is 0 Å². The van der Waals surface area contributed by atoms with Crippen molar-refractivity contribution in [3.63, 3.8) is 0 Å². The maximum Gasteiger partial charge on any atom is 0.191 e. The number of aryl methyl sites for hydroxylation is 1. The average molecular weight is 508 g/mol. The van der Waals surface area contributed by atoms with E-state index >= 15 is 0 Å². The molecule has 1 aromatic carbocycles. The first kappa shape index (κ1) is 20.8. The Balaban J connectivity index is 0.00000225. The van der Waals surface area contributed by atoms with E-state index in [0.29, 0.717) is 13.1 Å². The van der Waals surface area contributed by atoms with Gasteiger partial charge in [0.05, 0.1) is 24.5 Å². The molecule has 6 nitrogen and oxygen atoms in total. The molecule has 0 radical (unpaired) electrons. The van der Waals surface area contributed by atoms with E-state index in [4.69, 9.17) is 5.10 Å². The van der Waals surface area contributed by atoms with Crippen molar-refractivity contribution in [2.75, 3.05) is 7.05 Å². The van der Waals surface area contributed by atoms with Gasteiger partial charge in [0.2, 0.25) is 0 Å². The smallest absolute Gasteiger partial charge is 0.191 e. The summed E-state index contributed by atoms with van der Waals surface area (Å²) in [4.78, 5) is 8.80. The second kappa shape index (κ2) is 9.51. The predicted octanol–water partition coefficient (Wildman–Crippen LogP) is 3.61. The zero-order chi connectivity index (χ0) is 18.6. The van der Waals surface area contributed by atoms with E-state index in [1.807, 2.05) is 13.0 Å². The third kappa shape index (κ3) is 4.54. The highest BCUT2D eigenvalue weighted by atomic mass is 127. The molecule has 4 rings (SSSR count).